The lowest BCUT2D eigenvalue weighted by molar-refractivity contribution is 0.449. The van der Waals surface area contributed by atoms with Crippen LogP contribution < -0.4 is 10.2 Å². The van der Waals surface area contributed by atoms with Crippen LogP contribution in [-0.2, 0) is 0 Å². The molecule has 0 bridgehead atoms. The second kappa shape index (κ2) is 4.37. The predicted molar refractivity (Wildman–Crippen MR) is 68.3 cm³/mol. The molecule has 1 aliphatic heterocycles. The van der Waals surface area contributed by atoms with Crippen LogP contribution >= 0.6 is 0 Å². The monoisotopic (exact) mass is 231 g/mol. The van der Waals surface area contributed by atoms with Gasteiger partial charge in [-0.25, -0.2) is 0 Å². The van der Waals surface area contributed by atoms with Crippen molar-refractivity contribution in [3.8, 4) is 0 Å². The van der Waals surface area contributed by atoms with Crippen molar-refractivity contribution < 1.29 is 4.42 Å². The zero-order chi connectivity index (χ0) is 11.7. The number of rotatable bonds is 2. The normalized spacial score (nSPS) is 21.0. The van der Waals surface area contributed by atoms with Crippen molar-refractivity contribution in [3.63, 3.8) is 0 Å². The van der Waals surface area contributed by atoms with Crippen LogP contribution in [0.25, 0.3) is 11.1 Å². The van der Waals surface area contributed by atoms with Crippen molar-refractivity contribution in [1.82, 2.24) is 10.3 Å². The van der Waals surface area contributed by atoms with Gasteiger partial charge in [0.25, 0.3) is 0 Å². The zero-order valence-corrected chi connectivity index (χ0v) is 10.0. The van der Waals surface area contributed by atoms with E-state index in [0.717, 1.165) is 29.9 Å². The van der Waals surface area contributed by atoms with Crippen LogP contribution in [0.15, 0.2) is 29.0 Å². The van der Waals surface area contributed by atoms with Crippen molar-refractivity contribution in [3.05, 3.63) is 24.6 Å². The minimum Gasteiger partial charge on any atom is -0.463 e. The molecule has 4 heteroatoms. The van der Waals surface area contributed by atoms with E-state index in [2.05, 4.69) is 21.3 Å². The van der Waals surface area contributed by atoms with E-state index in [9.17, 15) is 0 Å². The van der Waals surface area contributed by atoms with E-state index in [1.807, 2.05) is 19.3 Å². The van der Waals surface area contributed by atoms with Crippen molar-refractivity contribution in [2.24, 2.45) is 0 Å². The Morgan fingerprint density at radius 1 is 1.53 bits per heavy atom. The first-order chi connectivity index (χ1) is 8.36. The van der Waals surface area contributed by atoms with Gasteiger partial charge in [-0.15, -0.1) is 0 Å². The number of likely N-dealkylation sites (N-methyl/N-ethyl adjacent to an activating group) is 1. The van der Waals surface area contributed by atoms with E-state index in [4.69, 9.17) is 4.42 Å². The molecule has 90 valence electrons. The summed E-state index contributed by atoms with van der Waals surface area (Å²) in [5, 5.41) is 3.35. The Balaban J connectivity index is 1.86. The van der Waals surface area contributed by atoms with Gasteiger partial charge >= 0.3 is 0 Å². The number of piperidine rings is 1. The van der Waals surface area contributed by atoms with Gasteiger partial charge in [0.2, 0.25) is 0 Å². The first-order valence-electron chi connectivity index (χ1n) is 6.12. The highest BCUT2D eigenvalue weighted by Gasteiger charge is 2.19. The van der Waals surface area contributed by atoms with Gasteiger partial charge in [-0.2, -0.15) is 0 Å². The standard InChI is InChI=1S/C13H17N3O/c1-14-10-3-2-5-16(9-10)11-7-13-12(15-8-11)4-6-17-13/h4,6-8,10,14H,2-3,5,9H2,1H3. The molecule has 0 radical (unpaired) electrons. The van der Waals surface area contributed by atoms with Crippen LogP contribution in [0.5, 0.6) is 0 Å². The fraction of sp³-hybridized carbons (Fsp3) is 0.462. The first-order valence-corrected chi connectivity index (χ1v) is 6.12. The van der Waals surface area contributed by atoms with E-state index in [1.165, 1.54) is 12.8 Å². The van der Waals surface area contributed by atoms with E-state index in [1.54, 1.807) is 6.26 Å². The Labute approximate surface area is 101 Å². The highest BCUT2D eigenvalue weighted by molar-refractivity contribution is 5.76. The Hall–Kier alpha value is -1.55. The number of hydrogen-bond acceptors (Lipinski definition) is 4. The molecule has 0 spiro atoms. The topological polar surface area (TPSA) is 41.3 Å². The maximum absolute atomic E-state index is 5.40. The molecule has 1 fully saturated rings. The second-order valence-corrected chi connectivity index (χ2v) is 4.57. The fourth-order valence-electron chi connectivity index (χ4n) is 2.46. The van der Waals surface area contributed by atoms with Gasteiger partial charge < -0.3 is 14.6 Å². The SMILES string of the molecule is CNC1CCCN(c2cnc3ccoc3c2)C1. The van der Waals surface area contributed by atoms with Gasteiger partial charge in [-0.1, -0.05) is 0 Å². The van der Waals surface area contributed by atoms with Gasteiger partial charge in [0.05, 0.1) is 18.1 Å². The quantitative estimate of drug-likeness (QED) is 0.858. The third-order valence-corrected chi connectivity index (χ3v) is 3.48. The molecule has 0 amide bonds. The van der Waals surface area contributed by atoms with Crippen LogP contribution in [0, 0.1) is 0 Å². The number of nitrogens with zero attached hydrogens (tertiary/aromatic N) is 2. The smallest absolute Gasteiger partial charge is 0.154 e. The number of furan rings is 1. The highest BCUT2D eigenvalue weighted by atomic mass is 16.3. The molecule has 17 heavy (non-hydrogen) atoms. The molecule has 1 unspecified atom stereocenters. The van der Waals surface area contributed by atoms with Gasteiger partial charge in [0.1, 0.15) is 5.52 Å². The first kappa shape index (κ1) is 10.6. The lowest BCUT2D eigenvalue weighted by atomic mass is 10.1. The van der Waals surface area contributed by atoms with Crippen molar-refractivity contribution in [2.45, 2.75) is 18.9 Å². The maximum atomic E-state index is 5.40. The molecular weight excluding hydrogens is 214 g/mol. The third kappa shape index (κ3) is 2.00. The number of anilines is 1. The average molecular weight is 231 g/mol. The third-order valence-electron chi connectivity index (χ3n) is 3.48. The number of aromatic nitrogens is 1. The summed E-state index contributed by atoms with van der Waals surface area (Å²) in [5.74, 6) is 0. The summed E-state index contributed by atoms with van der Waals surface area (Å²) in [6.07, 6.45) is 6.11. The van der Waals surface area contributed by atoms with Crippen LogP contribution in [0.4, 0.5) is 5.69 Å². The molecule has 1 aliphatic rings. The second-order valence-electron chi connectivity index (χ2n) is 4.57. The molecule has 3 rings (SSSR count). The Morgan fingerprint density at radius 3 is 3.35 bits per heavy atom. The predicted octanol–water partition coefficient (Wildman–Crippen LogP) is 2.02. The molecule has 2 aromatic heterocycles. The minimum absolute atomic E-state index is 0.580. The Morgan fingerprint density at radius 2 is 2.47 bits per heavy atom. The molecule has 4 nitrogen and oxygen atoms in total. The van der Waals surface area contributed by atoms with Crippen molar-refractivity contribution in [2.75, 3.05) is 25.0 Å². The highest BCUT2D eigenvalue weighted by Crippen LogP contribution is 2.23. The fourth-order valence-corrected chi connectivity index (χ4v) is 2.46. The number of hydrogen-bond donors (Lipinski definition) is 1. The van der Waals surface area contributed by atoms with Crippen LogP contribution in [0.3, 0.4) is 0 Å². The summed E-state index contributed by atoms with van der Waals surface area (Å²) >= 11 is 0. The average Bonchev–Trinajstić information content (AvgIpc) is 2.86. The van der Waals surface area contributed by atoms with Gasteiger partial charge in [-0.3, -0.25) is 4.98 Å². The number of nitrogens with one attached hydrogen (secondary N) is 1. The van der Waals surface area contributed by atoms with E-state index < -0.39 is 0 Å². The molecule has 1 saturated heterocycles. The molecule has 2 aromatic rings. The summed E-state index contributed by atoms with van der Waals surface area (Å²) in [6, 6.07) is 4.56. The Kier molecular flexibility index (Phi) is 2.73. The van der Waals surface area contributed by atoms with E-state index in [-0.39, 0.29) is 0 Å². The van der Waals surface area contributed by atoms with E-state index in [0.29, 0.717) is 6.04 Å². The molecule has 0 saturated carbocycles. The van der Waals surface area contributed by atoms with Gasteiger partial charge in [-0.05, 0) is 19.9 Å². The molecule has 1 atom stereocenters. The summed E-state index contributed by atoms with van der Waals surface area (Å²) < 4.78 is 5.40. The zero-order valence-electron chi connectivity index (χ0n) is 10.0. The molecule has 0 aromatic carbocycles. The maximum Gasteiger partial charge on any atom is 0.154 e. The summed E-state index contributed by atoms with van der Waals surface area (Å²) in [5.41, 5.74) is 2.96. The van der Waals surface area contributed by atoms with Crippen LogP contribution in [0.2, 0.25) is 0 Å². The lowest BCUT2D eigenvalue weighted by Gasteiger charge is -2.33. The summed E-state index contributed by atoms with van der Waals surface area (Å²) in [6.45, 7) is 2.15. The summed E-state index contributed by atoms with van der Waals surface area (Å²) in [4.78, 5) is 6.79. The summed E-state index contributed by atoms with van der Waals surface area (Å²) in [7, 11) is 2.03. The molecule has 0 aliphatic carbocycles. The number of fused-ring (bicyclic) bond motifs is 1. The van der Waals surface area contributed by atoms with E-state index >= 15 is 0 Å². The van der Waals surface area contributed by atoms with Crippen molar-refractivity contribution >= 4 is 16.8 Å². The van der Waals surface area contributed by atoms with Gasteiger partial charge in [0.15, 0.2) is 5.58 Å². The largest absolute Gasteiger partial charge is 0.463 e. The van der Waals surface area contributed by atoms with Crippen molar-refractivity contribution in [1.29, 1.82) is 0 Å². The van der Waals surface area contributed by atoms with Crippen LogP contribution in [-0.4, -0.2) is 31.2 Å². The minimum atomic E-state index is 0.580. The molecule has 3 heterocycles. The Bertz CT molecular complexity index is 508. The molecule has 1 N–H and O–H groups in total. The number of pyridine rings is 1. The van der Waals surface area contributed by atoms with Gasteiger partial charge in [0, 0.05) is 31.3 Å². The molecular formula is C13H17N3O. The van der Waals surface area contributed by atoms with Crippen LogP contribution in [0.1, 0.15) is 12.8 Å². The lowest BCUT2D eigenvalue weighted by Crippen LogP contribution is -2.44.